The molecule has 126 valence electrons. The van der Waals surface area contributed by atoms with E-state index in [9.17, 15) is 0 Å². The second-order valence-electron chi connectivity index (χ2n) is 4.74. The fourth-order valence-corrected chi connectivity index (χ4v) is 13.4. The van der Waals surface area contributed by atoms with Crippen LogP contribution in [0.4, 0.5) is 0 Å². The lowest BCUT2D eigenvalue weighted by molar-refractivity contribution is 1.92. The molecule has 1 aromatic heterocycles. The molecule has 0 spiro atoms. The molecule has 4 aliphatic heterocycles. The van der Waals surface area contributed by atoms with Crippen molar-refractivity contribution in [1.29, 1.82) is 0 Å². The first-order chi connectivity index (χ1) is 12.3. The van der Waals surface area contributed by atoms with Gasteiger partial charge in [-0.05, 0) is 45.9 Å². The topological polar surface area (TPSA) is 0 Å². The predicted molar refractivity (Wildman–Crippen MR) is 133 cm³/mol. The average Bonchev–Trinajstić information content (AvgIpc) is 3.38. The van der Waals surface area contributed by atoms with E-state index in [2.05, 4.69) is 45.9 Å². The Labute approximate surface area is 184 Å². The lowest BCUT2D eigenvalue weighted by Crippen LogP contribution is -1.69. The molecule has 0 fully saturated rings. The molecule has 0 amide bonds. The molecule has 0 atom stereocenters. The van der Waals surface area contributed by atoms with E-state index in [1.807, 2.05) is 81.9 Å². The molecule has 5 heterocycles. The van der Waals surface area contributed by atoms with Gasteiger partial charge in [0.05, 0.1) is 25.4 Å². The largest absolute Gasteiger partial charge is 0.136 e. The van der Waals surface area contributed by atoms with E-state index < -0.39 is 0 Å². The summed E-state index contributed by atoms with van der Waals surface area (Å²) in [5, 5.41) is 8.63. The minimum atomic E-state index is 1.33. The quantitative estimate of drug-likeness (QED) is 0.398. The number of thiophene rings is 1. The molecular weight excluding hydrogens is 481 g/mol. The minimum absolute atomic E-state index is 1.33. The molecule has 0 radical (unpaired) electrons. The van der Waals surface area contributed by atoms with Crippen molar-refractivity contribution in [2.75, 3.05) is 0 Å². The number of rotatable bonds is 2. The van der Waals surface area contributed by atoms with Crippen LogP contribution < -0.4 is 0 Å². The van der Waals surface area contributed by atoms with Crippen LogP contribution in [0.5, 0.6) is 0 Å². The summed E-state index contributed by atoms with van der Waals surface area (Å²) in [5.74, 6) is 0. The first-order valence-corrected chi connectivity index (χ1v) is 14.6. The Balaban J connectivity index is 1.25. The monoisotopic (exact) mass is 488 g/mol. The van der Waals surface area contributed by atoms with Gasteiger partial charge in [-0.2, -0.15) is 0 Å². The van der Waals surface area contributed by atoms with E-state index in [0.717, 1.165) is 0 Å². The van der Waals surface area contributed by atoms with Gasteiger partial charge in [0.2, 0.25) is 0 Å². The second kappa shape index (κ2) is 8.13. The molecule has 5 rings (SSSR count). The third-order valence-corrected chi connectivity index (χ3v) is 14.2. The van der Waals surface area contributed by atoms with Crippen molar-refractivity contribution in [3.05, 3.63) is 68.9 Å². The molecule has 4 aliphatic rings. The number of thioether (sulfide) groups is 8. The Morgan fingerprint density at radius 2 is 1.04 bits per heavy atom. The molecule has 0 aromatic carbocycles. The van der Waals surface area contributed by atoms with E-state index in [1.54, 1.807) is 23.5 Å². The van der Waals surface area contributed by atoms with Crippen LogP contribution in [0.15, 0.2) is 59.2 Å². The summed E-state index contributed by atoms with van der Waals surface area (Å²) in [5.41, 5.74) is 0. The molecule has 0 nitrogen and oxygen atoms in total. The highest BCUT2D eigenvalue weighted by molar-refractivity contribution is 8.49. The van der Waals surface area contributed by atoms with Crippen molar-refractivity contribution in [2.24, 2.45) is 0 Å². The lowest BCUT2D eigenvalue weighted by atomic mass is 10.4. The minimum Gasteiger partial charge on any atom is -0.136 e. The van der Waals surface area contributed by atoms with Crippen LogP contribution in [0.2, 0.25) is 0 Å². The Kier molecular flexibility index (Phi) is 5.85. The van der Waals surface area contributed by atoms with E-state index in [-0.39, 0.29) is 0 Å². The van der Waals surface area contributed by atoms with Gasteiger partial charge in [-0.3, -0.25) is 0 Å². The fraction of sp³-hybridized carbons (Fsp3) is 0. The molecule has 9 heteroatoms. The van der Waals surface area contributed by atoms with E-state index >= 15 is 0 Å². The lowest BCUT2D eigenvalue weighted by Gasteiger charge is -2.04. The Morgan fingerprint density at radius 3 is 1.68 bits per heavy atom. The van der Waals surface area contributed by atoms with Crippen molar-refractivity contribution in [2.45, 2.75) is 0 Å². The van der Waals surface area contributed by atoms with Gasteiger partial charge in [-0.1, -0.05) is 94.1 Å². The molecule has 1 aromatic rings. The zero-order valence-corrected chi connectivity index (χ0v) is 19.6. The molecule has 25 heavy (non-hydrogen) atoms. The molecule has 0 aliphatic carbocycles. The van der Waals surface area contributed by atoms with Crippen LogP contribution in [0.25, 0.3) is 12.2 Å². The van der Waals surface area contributed by atoms with Gasteiger partial charge < -0.3 is 0 Å². The van der Waals surface area contributed by atoms with Crippen LogP contribution in [0.1, 0.15) is 9.75 Å². The van der Waals surface area contributed by atoms with Crippen LogP contribution >= 0.6 is 105 Å². The van der Waals surface area contributed by atoms with Crippen LogP contribution in [0, 0.1) is 0 Å². The van der Waals surface area contributed by atoms with E-state index in [1.165, 1.54) is 35.2 Å². The standard InChI is InChI=1S/C16H8S9/c1-2-10(21-9(1)7-11-17-3-4-18-11)8-12-22-15-16(23-12)25-14(24-15)13-19-5-6-20-13/h1-8H. The molecule has 0 unspecified atom stereocenters. The number of hydrogen-bond acceptors (Lipinski definition) is 9. The summed E-state index contributed by atoms with van der Waals surface area (Å²) in [6.07, 6.45) is 4.62. The van der Waals surface area contributed by atoms with Crippen molar-refractivity contribution >= 4 is 118 Å². The Morgan fingerprint density at radius 1 is 0.520 bits per heavy atom. The van der Waals surface area contributed by atoms with E-state index in [0.29, 0.717) is 0 Å². The van der Waals surface area contributed by atoms with Crippen molar-refractivity contribution in [1.82, 2.24) is 0 Å². The molecule has 0 saturated heterocycles. The molecular formula is C16H8S9. The normalized spacial score (nSPS) is 21.9. The van der Waals surface area contributed by atoms with Gasteiger partial charge >= 0.3 is 0 Å². The SMILES string of the molecule is C1=CSC(=Cc2ccc(C=C3SC4=C(S3)SC(=C3SC=CS3)S4)s2)S1. The predicted octanol–water partition coefficient (Wildman–Crippen LogP) is 9.46. The first kappa shape index (κ1) is 18.0. The highest BCUT2D eigenvalue weighted by atomic mass is 32.3. The van der Waals surface area contributed by atoms with Crippen molar-refractivity contribution in [3.63, 3.8) is 0 Å². The van der Waals surface area contributed by atoms with Gasteiger partial charge in [0, 0.05) is 9.75 Å². The summed E-state index contributed by atoms with van der Waals surface area (Å²) in [6.45, 7) is 0. The maximum Gasteiger partial charge on any atom is 0.0717 e. The summed E-state index contributed by atoms with van der Waals surface area (Å²) in [7, 11) is 0. The maximum absolute atomic E-state index is 2.34. The highest BCUT2D eigenvalue weighted by Crippen LogP contribution is 2.68. The Bertz CT molecular complexity index is 868. The summed E-state index contributed by atoms with van der Waals surface area (Å²) >= 11 is 16.9. The Hall–Kier alpha value is 0.940. The zero-order chi connectivity index (χ0) is 16.6. The summed E-state index contributed by atoms with van der Waals surface area (Å²) in [4.78, 5) is 2.67. The third kappa shape index (κ3) is 4.19. The molecule has 0 N–H and O–H groups in total. The number of hydrogen-bond donors (Lipinski definition) is 0. The van der Waals surface area contributed by atoms with Crippen LogP contribution in [0.3, 0.4) is 0 Å². The first-order valence-electron chi connectivity index (χ1n) is 7.03. The molecule has 0 bridgehead atoms. The van der Waals surface area contributed by atoms with E-state index in [4.69, 9.17) is 0 Å². The fourth-order valence-electron chi connectivity index (χ4n) is 2.09. The average molecular weight is 489 g/mol. The maximum atomic E-state index is 2.34. The molecule has 0 saturated carbocycles. The van der Waals surface area contributed by atoms with Gasteiger partial charge in [-0.15, -0.1) is 11.3 Å². The smallest absolute Gasteiger partial charge is 0.0717 e. The summed E-state index contributed by atoms with van der Waals surface area (Å²) in [6, 6.07) is 4.46. The van der Waals surface area contributed by atoms with Gasteiger partial charge in [0.15, 0.2) is 0 Å². The van der Waals surface area contributed by atoms with Gasteiger partial charge in [0.1, 0.15) is 0 Å². The van der Waals surface area contributed by atoms with Crippen LogP contribution in [-0.2, 0) is 0 Å². The van der Waals surface area contributed by atoms with Crippen molar-refractivity contribution in [3.8, 4) is 0 Å². The van der Waals surface area contributed by atoms with Gasteiger partial charge in [0.25, 0.3) is 0 Å². The third-order valence-electron chi connectivity index (χ3n) is 3.09. The van der Waals surface area contributed by atoms with Gasteiger partial charge in [-0.25, -0.2) is 0 Å². The van der Waals surface area contributed by atoms with Crippen LogP contribution in [-0.4, -0.2) is 0 Å². The highest BCUT2D eigenvalue weighted by Gasteiger charge is 2.32. The van der Waals surface area contributed by atoms with Crippen molar-refractivity contribution < 1.29 is 0 Å². The second-order valence-corrected chi connectivity index (χ2v) is 15.3. The summed E-state index contributed by atoms with van der Waals surface area (Å²) < 4.78 is 8.56. The zero-order valence-electron chi connectivity index (χ0n) is 12.3.